The number of thioether (sulfide) groups is 1. The molecule has 0 aromatic heterocycles. The summed E-state index contributed by atoms with van der Waals surface area (Å²) in [6, 6.07) is 15.5. The zero-order valence-electron chi connectivity index (χ0n) is 17.3. The van der Waals surface area contributed by atoms with Gasteiger partial charge in [-0.25, -0.2) is 0 Å². The van der Waals surface area contributed by atoms with Gasteiger partial charge in [0.1, 0.15) is 6.54 Å². The lowest BCUT2D eigenvalue weighted by Crippen LogP contribution is -2.36. The number of fused-ring (bicyclic) bond motifs is 2. The highest BCUT2D eigenvalue weighted by molar-refractivity contribution is 8.18. The molecule has 0 spiro atoms. The van der Waals surface area contributed by atoms with E-state index in [0.717, 1.165) is 15.7 Å². The molecule has 3 aromatic carbocycles. The van der Waals surface area contributed by atoms with Crippen LogP contribution in [0.5, 0.6) is 11.5 Å². The SMILES string of the molecule is O=C(CN1C(=O)S/C(=C\c2cc3c(cc2[N+](=O)[O-])OCO3)C1=O)Nc1cccc2ccccc12. The minimum atomic E-state index is -0.713. The minimum absolute atomic E-state index is 0.0371. The Morgan fingerprint density at radius 3 is 2.65 bits per heavy atom. The second kappa shape index (κ2) is 8.52. The minimum Gasteiger partial charge on any atom is -0.454 e. The molecule has 0 atom stereocenters. The molecule has 1 saturated heterocycles. The number of carbonyl (C=O) groups is 3. The summed E-state index contributed by atoms with van der Waals surface area (Å²) in [6.45, 7) is -0.563. The first-order valence-electron chi connectivity index (χ1n) is 10.0. The van der Waals surface area contributed by atoms with Gasteiger partial charge in [0.2, 0.25) is 12.7 Å². The van der Waals surface area contributed by atoms with Gasteiger partial charge in [-0.1, -0.05) is 36.4 Å². The van der Waals surface area contributed by atoms with E-state index in [1.807, 2.05) is 30.3 Å². The molecule has 0 aliphatic carbocycles. The van der Waals surface area contributed by atoms with Crippen molar-refractivity contribution in [3.8, 4) is 11.5 Å². The Labute approximate surface area is 196 Å². The summed E-state index contributed by atoms with van der Waals surface area (Å²) in [7, 11) is 0. The van der Waals surface area contributed by atoms with Crippen LogP contribution >= 0.6 is 11.8 Å². The van der Waals surface area contributed by atoms with E-state index in [-0.39, 0.29) is 28.7 Å². The molecule has 0 saturated carbocycles. The molecule has 170 valence electrons. The highest BCUT2D eigenvalue weighted by Crippen LogP contribution is 2.40. The summed E-state index contributed by atoms with van der Waals surface area (Å²) in [5, 5.41) is 15.3. The van der Waals surface area contributed by atoms with E-state index in [1.54, 1.807) is 12.1 Å². The van der Waals surface area contributed by atoms with Crippen molar-refractivity contribution < 1.29 is 28.8 Å². The summed E-state index contributed by atoms with van der Waals surface area (Å²) in [4.78, 5) is 49.6. The van der Waals surface area contributed by atoms with Gasteiger partial charge in [0.25, 0.3) is 16.8 Å². The monoisotopic (exact) mass is 477 g/mol. The summed E-state index contributed by atoms with van der Waals surface area (Å²) in [5.74, 6) is -0.739. The van der Waals surface area contributed by atoms with Gasteiger partial charge in [-0.2, -0.15) is 0 Å². The van der Waals surface area contributed by atoms with E-state index in [2.05, 4.69) is 5.32 Å². The van der Waals surface area contributed by atoms with Gasteiger partial charge in [0, 0.05) is 11.1 Å². The van der Waals surface area contributed by atoms with E-state index in [1.165, 1.54) is 18.2 Å². The number of nitro groups is 1. The fraction of sp³-hybridized carbons (Fsp3) is 0.0870. The maximum Gasteiger partial charge on any atom is 0.294 e. The van der Waals surface area contributed by atoms with E-state index in [4.69, 9.17) is 9.47 Å². The molecule has 2 heterocycles. The van der Waals surface area contributed by atoms with Gasteiger partial charge >= 0.3 is 0 Å². The van der Waals surface area contributed by atoms with Gasteiger partial charge in [0.05, 0.1) is 21.5 Å². The highest BCUT2D eigenvalue weighted by Gasteiger charge is 2.37. The van der Waals surface area contributed by atoms with Gasteiger partial charge in [-0.05, 0) is 35.4 Å². The van der Waals surface area contributed by atoms with E-state index in [9.17, 15) is 24.5 Å². The highest BCUT2D eigenvalue weighted by atomic mass is 32.2. The Hall–Kier alpha value is -4.38. The number of amides is 3. The Bertz CT molecular complexity index is 1410. The molecule has 2 aliphatic heterocycles. The molecule has 2 aliphatic rings. The van der Waals surface area contributed by atoms with Crippen LogP contribution in [0.4, 0.5) is 16.2 Å². The Kier molecular flexibility index (Phi) is 5.38. The van der Waals surface area contributed by atoms with Crippen molar-refractivity contribution in [1.29, 1.82) is 0 Å². The van der Waals surface area contributed by atoms with Crippen molar-refractivity contribution in [3.63, 3.8) is 0 Å². The average Bonchev–Trinajstić information content (AvgIpc) is 3.38. The topological polar surface area (TPSA) is 128 Å². The molecule has 0 bridgehead atoms. The summed E-state index contributed by atoms with van der Waals surface area (Å²) < 4.78 is 10.4. The maximum absolute atomic E-state index is 12.8. The Morgan fingerprint density at radius 2 is 1.85 bits per heavy atom. The van der Waals surface area contributed by atoms with Crippen LogP contribution in [0, 0.1) is 10.1 Å². The zero-order valence-corrected chi connectivity index (χ0v) is 18.2. The third-order valence-corrected chi connectivity index (χ3v) is 6.15. The lowest BCUT2D eigenvalue weighted by Gasteiger charge is -2.13. The lowest BCUT2D eigenvalue weighted by molar-refractivity contribution is -0.385. The number of nitrogens with zero attached hydrogens (tertiary/aromatic N) is 2. The van der Waals surface area contributed by atoms with Crippen molar-refractivity contribution in [1.82, 2.24) is 4.90 Å². The van der Waals surface area contributed by atoms with Gasteiger partial charge < -0.3 is 14.8 Å². The number of benzene rings is 3. The first-order valence-corrected chi connectivity index (χ1v) is 10.8. The molecule has 11 heteroatoms. The molecule has 34 heavy (non-hydrogen) atoms. The molecule has 0 unspecified atom stereocenters. The molecule has 5 rings (SSSR count). The molecule has 3 amide bonds. The molecular formula is C23H15N3O7S. The average molecular weight is 477 g/mol. The van der Waals surface area contributed by atoms with Crippen molar-refractivity contribution in [2.24, 2.45) is 0 Å². The van der Waals surface area contributed by atoms with Crippen molar-refractivity contribution in [2.75, 3.05) is 18.7 Å². The molecular weight excluding hydrogens is 462 g/mol. The number of hydrogen-bond acceptors (Lipinski definition) is 8. The number of ether oxygens (including phenoxy) is 2. The second-order valence-corrected chi connectivity index (χ2v) is 8.36. The van der Waals surface area contributed by atoms with Crippen molar-refractivity contribution in [3.05, 3.63) is 75.2 Å². The number of imide groups is 1. The largest absolute Gasteiger partial charge is 0.454 e. The van der Waals surface area contributed by atoms with Crippen LogP contribution in [0.3, 0.4) is 0 Å². The third kappa shape index (κ3) is 3.92. The second-order valence-electron chi connectivity index (χ2n) is 7.36. The maximum atomic E-state index is 12.8. The first kappa shape index (κ1) is 21.5. The van der Waals surface area contributed by atoms with Crippen LogP contribution in [0.25, 0.3) is 16.8 Å². The van der Waals surface area contributed by atoms with Crippen LogP contribution < -0.4 is 14.8 Å². The van der Waals surface area contributed by atoms with E-state index >= 15 is 0 Å². The number of rotatable bonds is 5. The number of nitro benzene ring substituents is 1. The van der Waals surface area contributed by atoms with E-state index in [0.29, 0.717) is 23.2 Å². The fourth-order valence-electron chi connectivity index (χ4n) is 3.67. The fourth-order valence-corrected chi connectivity index (χ4v) is 4.50. The van der Waals surface area contributed by atoms with Crippen LogP contribution in [-0.4, -0.2) is 40.2 Å². The van der Waals surface area contributed by atoms with Gasteiger partial charge in [-0.15, -0.1) is 0 Å². The first-order chi connectivity index (χ1) is 16.4. The Morgan fingerprint density at radius 1 is 1.12 bits per heavy atom. The predicted octanol–water partition coefficient (Wildman–Crippen LogP) is 4.15. The number of nitrogens with one attached hydrogen (secondary N) is 1. The standard InChI is InChI=1S/C23H15N3O7S/c27-21(24-16-7-3-5-13-4-1-2-6-15(13)16)11-25-22(28)20(34-23(25)29)9-14-8-18-19(33-12-32-18)10-17(14)26(30)31/h1-10H,11-12H2,(H,24,27)/b20-9-. The van der Waals surface area contributed by atoms with Crippen molar-refractivity contribution in [2.45, 2.75) is 0 Å². The molecule has 0 radical (unpaired) electrons. The molecule has 10 nitrogen and oxygen atoms in total. The lowest BCUT2D eigenvalue weighted by atomic mass is 10.1. The van der Waals surface area contributed by atoms with E-state index < -0.39 is 28.5 Å². The van der Waals surface area contributed by atoms with Crippen LogP contribution in [0.1, 0.15) is 5.56 Å². The summed E-state index contributed by atoms with van der Waals surface area (Å²) in [6.07, 6.45) is 1.24. The summed E-state index contributed by atoms with van der Waals surface area (Å²) >= 11 is 0.605. The smallest absolute Gasteiger partial charge is 0.294 e. The number of hydrogen-bond donors (Lipinski definition) is 1. The molecule has 1 fully saturated rings. The third-order valence-electron chi connectivity index (χ3n) is 5.24. The van der Waals surface area contributed by atoms with Crippen LogP contribution in [0.2, 0.25) is 0 Å². The normalized spacial score (nSPS) is 15.9. The zero-order chi connectivity index (χ0) is 23.8. The van der Waals surface area contributed by atoms with Crippen LogP contribution in [0.15, 0.2) is 59.5 Å². The number of carbonyl (C=O) groups excluding carboxylic acids is 3. The number of anilines is 1. The van der Waals surface area contributed by atoms with Crippen LogP contribution in [-0.2, 0) is 9.59 Å². The predicted molar refractivity (Wildman–Crippen MR) is 124 cm³/mol. The van der Waals surface area contributed by atoms with Gasteiger partial charge in [0.15, 0.2) is 11.5 Å². The van der Waals surface area contributed by atoms with Gasteiger partial charge in [-0.3, -0.25) is 29.4 Å². The van der Waals surface area contributed by atoms with Crippen molar-refractivity contribution >= 4 is 57.0 Å². The molecule has 1 N–H and O–H groups in total. The Balaban J connectivity index is 1.36. The molecule has 3 aromatic rings. The summed E-state index contributed by atoms with van der Waals surface area (Å²) in [5.41, 5.74) is 0.339. The quantitative estimate of drug-likeness (QED) is 0.330.